The number of fused-ring (bicyclic) bond motifs is 1. The van der Waals surface area contributed by atoms with Crippen molar-refractivity contribution in [2.24, 2.45) is 0 Å². The third-order valence-corrected chi connectivity index (χ3v) is 4.56. The maximum Gasteiger partial charge on any atom is 0.334 e. The molecule has 1 aromatic heterocycles. The van der Waals surface area contributed by atoms with Crippen LogP contribution in [-0.4, -0.2) is 34.3 Å². The van der Waals surface area contributed by atoms with E-state index in [0.29, 0.717) is 42.1 Å². The second-order valence-electron chi connectivity index (χ2n) is 5.96. The number of rotatable bonds is 4. The van der Waals surface area contributed by atoms with Gasteiger partial charge >= 0.3 is 5.69 Å². The van der Waals surface area contributed by atoms with Crippen LogP contribution in [0.3, 0.4) is 0 Å². The van der Waals surface area contributed by atoms with E-state index in [1.807, 2.05) is 0 Å². The van der Waals surface area contributed by atoms with Gasteiger partial charge in [-0.05, 0) is 37.6 Å². The van der Waals surface area contributed by atoms with Crippen LogP contribution in [0.25, 0.3) is 5.69 Å². The minimum atomic E-state index is -0.451. The van der Waals surface area contributed by atoms with Crippen molar-refractivity contribution >= 4 is 5.82 Å². The van der Waals surface area contributed by atoms with E-state index >= 15 is 0 Å². The molecule has 0 fully saturated rings. The molecule has 2 N–H and O–H groups in total. The summed E-state index contributed by atoms with van der Waals surface area (Å²) in [6, 6.07) is 7.51. The van der Waals surface area contributed by atoms with Crippen LogP contribution < -0.4 is 21.3 Å². The Labute approximate surface area is 139 Å². The highest BCUT2D eigenvalue weighted by Gasteiger charge is 2.25. The molecule has 0 spiro atoms. The Morgan fingerprint density at radius 1 is 1.25 bits per heavy atom. The highest BCUT2D eigenvalue weighted by molar-refractivity contribution is 5.52. The van der Waals surface area contributed by atoms with Crippen LogP contribution >= 0.6 is 0 Å². The third-order valence-electron chi connectivity index (χ3n) is 4.56. The van der Waals surface area contributed by atoms with Gasteiger partial charge in [0.1, 0.15) is 11.6 Å². The molecular weight excluding hydrogens is 308 g/mol. The summed E-state index contributed by atoms with van der Waals surface area (Å²) in [5.41, 5.74) is 0.475. The Kier molecular flexibility index (Phi) is 4.44. The van der Waals surface area contributed by atoms with Crippen molar-refractivity contribution in [1.82, 2.24) is 14.5 Å². The molecule has 2 aromatic rings. The van der Waals surface area contributed by atoms with E-state index in [-0.39, 0.29) is 5.56 Å². The predicted molar refractivity (Wildman–Crippen MR) is 93.0 cm³/mol. The second-order valence-corrected chi connectivity index (χ2v) is 5.96. The first-order valence-corrected chi connectivity index (χ1v) is 8.05. The van der Waals surface area contributed by atoms with Crippen molar-refractivity contribution < 1.29 is 4.74 Å². The zero-order valence-electron chi connectivity index (χ0n) is 14.1. The van der Waals surface area contributed by atoms with Crippen molar-refractivity contribution in [3.63, 3.8) is 0 Å². The van der Waals surface area contributed by atoms with Gasteiger partial charge in [-0.15, -0.1) is 0 Å². The van der Waals surface area contributed by atoms with Crippen LogP contribution in [0.5, 0.6) is 5.75 Å². The number of aromatic nitrogens is 2. The van der Waals surface area contributed by atoms with Crippen LogP contribution in [0.2, 0.25) is 0 Å². The lowest BCUT2D eigenvalue weighted by Crippen LogP contribution is -2.45. The fourth-order valence-electron chi connectivity index (χ4n) is 2.89. The van der Waals surface area contributed by atoms with Gasteiger partial charge < -0.3 is 10.1 Å². The molecular formula is C17H22N4O3. The van der Waals surface area contributed by atoms with E-state index in [4.69, 9.17) is 4.74 Å². The van der Waals surface area contributed by atoms with Gasteiger partial charge in [0.05, 0.1) is 25.0 Å². The van der Waals surface area contributed by atoms with Crippen LogP contribution in [0, 0.1) is 0 Å². The van der Waals surface area contributed by atoms with Crippen molar-refractivity contribution in [2.75, 3.05) is 19.1 Å². The summed E-state index contributed by atoms with van der Waals surface area (Å²) in [7, 11) is 1.59. The minimum absolute atomic E-state index is 0.333. The van der Waals surface area contributed by atoms with Crippen molar-refractivity contribution in [1.29, 1.82) is 0 Å². The zero-order valence-corrected chi connectivity index (χ0v) is 14.1. The topological polar surface area (TPSA) is 79.4 Å². The molecule has 1 aliphatic heterocycles. The third kappa shape index (κ3) is 2.82. The highest BCUT2D eigenvalue weighted by atomic mass is 16.5. The van der Waals surface area contributed by atoms with Gasteiger partial charge in [-0.3, -0.25) is 14.7 Å². The fourth-order valence-corrected chi connectivity index (χ4v) is 2.89. The van der Waals surface area contributed by atoms with Gasteiger partial charge in [-0.2, -0.15) is 0 Å². The standard InChI is InChI=1S/C17H22N4O3/c1-4-11(2)20-9-14-15(18-10-20)21(17(23)19-16(14)22)12-5-7-13(24-3)8-6-12/h5-8,11,18H,4,9-10H2,1-3H3,(H,19,22,23)/t11-/m0/s1. The average Bonchev–Trinajstić information content (AvgIpc) is 2.61. The summed E-state index contributed by atoms with van der Waals surface area (Å²) in [5, 5.41) is 3.24. The largest absolute Gasteiger partial charge is 0.497 e. The van der Waals surface area contributed by atoms with Crippen molar-refractivity contribution in [3.8, 4) is 11.4 Å². The number of anilines is 1. The zero-order chi connectivity index (χ0) is 17.3. The summed E-state index contributed by atoms with van der Waals surface area (Å²) in [6.07, 6.45) is 0.993. The molecule has 7 heteroatoms. The van der Waals surface area contributed by atoms with Crippen LogP contribution in [0.1, 0.15) is 25.8 Å². The van der Waals surface area contributed by atoms with E-state index < -0.39 is 5.69 Å². The van der Waals surface area contributed by atoms with E-state index in [1.165, 1.54) is 4.57 Å². The number of H-pyrrole nitrogens is 1. The van der Waals surface area contributed by atoms with Crippen LogP contribution in [-0.2, 0) is 6.54 Å². The number of nitrogens with zero attached hydrogens (tertiary/aromatic N) is 2. The number of ether oxygens (including phenoxy) is 1. The lowest BCUT2D eigenvalue weighted by Gasteiger charge is -2.34. The summed E-state index contributed by atoms with van der Waals surface area (Å²) < 4.78 is 6.66. The number of benzene rings is 1. The quantitative estimate of drug-likeness (QED) is 0.888. The SMILES string of the molecule is CC[C@H](C)N1CNc2c(c(=O)[nH]c(=O)n2-c2ccc(OC)cc2)C1. The molecule has 128 valence electrons. The number of hydrogen-bond acceptors (Lipinski definition) is 5. The first-order chi connectivity index (χ1) is 11.5. The van der Waals surface area contributed by atoms with Gasteiger partial charge in [0.15, 0.2) is 0 Å². The molecule has 0 aliphatic carbocycles. The van der Waals surface area contributed by atoms with Gasteiger partial charge in [0.25, 0.3) is 5.56 Å². The Morgan fingerprint density at radius 3 is 2.58 bits per heavy atom. The molecule has 0 saturated carbocycles. The van der Waals surface area contributed by atoms with E-state index in [2.05, 4.69) is 29.0 Å². The molecule has 0 saturated heterocycles. The fraction of sp³-hybridized carbons (Fsp3) is 0.412. The molecule has 2 heterocycles. The Balaban J connectivity index is 2.09. The molecule has 3 rings (SSSR count). The Morgan fingerprint density at radius 2 is 1.96 bits per heavy atom. The van der Waals surface area contributed by atoms with E-state index in [0.717, 1.165) is 6.42 Å². The Hall–Kier alpha value is -2.54. The summed E-state index contributed by atoms with van der Waals surface area (Å²) in [4.78, 5) is 29.2. The molecule has 0 bridgehead atoms. The van der Waals surface area contributed by atoms with Gasteiger partial charge in [0.2, 0.25) is 0 Å². The first kappa shape index (κ1) is 16.3. The predicted octanol–water partition coefficient (Wildman–Crippen LogP) is 1.52. The lowest BCUT2D eigenvalue weighted by molar-refractivity contribution is 0.200. The second kappa shape index (κ2) is 6.52. The van der Waals surface area contributed by atoms with Crippen molar-refractivity contribution in [3.05, 3.63) is 50.7 Å². The van der Waals surface area contributed by atoms with E-state index in [1.54, 1.807) is 31.4 Å². The normalized spacial score (nSPS) is 15.5. The first-order valence-electron chi connectivity index (χ1n) is 8.05. The minimum Gasteiger partial charge on any atom is -0.497 e. The lowest BCUT2D eigenvalue weighted by atomic mass is 10.1. The Bertz CT molecular complexity index is 838. The number of hydrogen-bond donors (Lipinski definition) is 2. The highest BCUT2D eigenvalue weighted by Crippen LogP contribution is 2.23. The molecule has 24 heavy (non-hydrogen) atoms. The van der Waals surface area contributed by atoms with Crippen LogP contribution in [0.15, 0.2) is 33.9 Å². The van der Waals surface area contributed by atoms with Crippen molar-refractivity contribution in [2.45, 2.75) is 32.9 Å². The van der Waals surface area contributed by atoms with Gasteiger partial charge in [0, 0.05) is 12.6 Å². The number of nitrogens with one attached hydrogen (secondary N) is 2. The maximum absolute atomic E-state index is 12.4. The molecule has 1 aromatic carbocycles. The smallest absolute Gasteiger partial charge is 0.334 e. The van der Waals surface area contributed by atoms with Gasteiger partial charge in [-0.25, -0.2) is 9.36 Å². The average molecular weight is 330 g/mol. The molecule has 7 nitrogen and oxygen atoms in total. The molecule has 0 radical (unpaired) electrons. The molecule has 0 amide bonds. The summed E-state index contributed by atoms with van der Waals surface area (Å²) >= 11 is 0. The molecule has 1 atom stereocenters. The monoisotopic (exact) mass is 330 g/mol. The summed E-state index contributed by atoms with van der Waals surface area (Å²) in [5.74, 6) is 1.27. The maximum atomic E-state index is 12.4. The summed E-state index contributed by atoms with van der Waals surface area (Å²) in [6.45, 7) is 5.35. The molecule has 1 aliphatic rings. The van der Waals surface area contributed by atoms with Gasteiger partial charge in [-0.1, -0.05) is 6.92 Å². The van der Waals surface area contributed by atoms with E-state index in [9.17, 15) is 9.59 Å². The molecule has 0 unspecified atom stereocenters. The number of aromatic amines is 1. The number of methoxy groups -OCH3 is 1. The van der Waals surface area contributed by atoms with Crippen LogP contribution in [0.4, 0.5) is 5.82 Å².